The molecule has 1 unspecified atom stereocenters. The summed E-state index contributed by atoms with van der Waals surface area (Å²) in [6.45, 7) is 4.89. The van der Waals surface area contributed by atoms with Crippen LogP contribution >= 0.6 is 0 Å². The molecule has 0 heterocycles. The number of rotatable bonds is 7. The Morgan fingerprint density at radius 2 is 1.46 bits per heavy atom. The molecule has 0 aromatic carbocycles. The first-order valence-corrected chi connectivity index (χ1v) is 8.32. The van der Waals surface area contributed by atoms with Crippen molar-refractivity contribution in [3.05, 3.63) is 0 Å². The van der Waals surface area contributed by atoms with E-state index in [9.17, 15) is 39.6 Å². The average molecular weight is 388 g/mol. The van der Waals surface area contributed by atoms with Crippen LogP contribution in [0.3, 0.4) is 0 Å². The van der Waals surface area contributed by atoms with Gasteiger partial charge in [-0.25, -0.2) is 0 Å². The first kappa shape index (κ1) is 23.0. The van der Waals surface area contributed by atoms with Crippen molar-refractivity contribution in [1.29, 1.82) is 0 Å². The van der Waals surface area contributed by atoms with Crippen LogP contribution in [0.25, 0.3) is 0 Å². The third-order valence-electron chi connectivity index (χ3n) is 2.98. The average Bonchev–Trinajstić information content (AvgIpc) is 2.20. The lowest BCUT2D eigenvalue weighted by Gasteiger charge is -2.35. The summed E-state index contributed by atoms with van der Waals surface area (Å²) >= 11 is 0. The molecule has 0 radical (unpaired) electrons. The Balaban J connectivity index is 5.68. The van der Waals surface area contributed by atoms with E-state index in [0.717, 1.165) is 0 Å². The Kier molecular flexibility index (Phi) is 7.14. The molecule has 0 rings (SSSR count). The van der Waals surface area contributed by atoms with Gasteiger partial charge in [-0.05, 0) is 18.3 Å². The Bertz CT molecular complexity index is 523. The van der Waals surface area contributed by atoms with E-state index in [1.54, 1.807) is 13.8 Å². The molecule has 24 heavy (non-hydrogen) atoms. The topological polar surface area (TPSA) is 80.7 Å². The van der Waals surface area contributed by atoms with Gasteiger partial charge in [0.15, 0.2) is 0 Å². The van der Waals surface area contributed by atoms with Crippen LogP contribution in [0, 0.1) is 11.8 Å². The summed E-state index contributed by atoms with van der Waals surface area (Å²) < 4.78 is 111. The SMILES string of the molecule is CC(C)CC(C)CC(=O)OC(CS(=O)(=O)O)(C(F)(F)F)C(F)(F)F. The van der Waals surface area contributed by atoms with Crippen molar-refractivity contribution in [2.24, 2.45) is 11.8 Å². The molecule has 0 aliphatic rings. The predicted molar refractivity (Wildman–Crippen MR) is 70.6 cm³/mol. The minimum atomic E-state index is -6.29. The number of carbonyl (C=O) groups is 1. The minimum Gasteiger partial charge on any atom is -0.438 e. The molecule has 1 atom stereocenters. The van der Waals surface area contributed by atoms with Crippen molar-refractivity contribution < 1.29 is 48.8 Å². The Labute approximate surface area is 135 Å². The van der Waals surface area contributed by atoms with E-state index in [-0.39, 0.29) is 5.92 Å². The maximum Gasteiger partial charge on any atom is 0.438 e. The third-order valence-corrected chi connectivity index (χ3v) is 3.75. The Morgan fingerprint density at radius 1 is 1.04 bits per heavy atom. The van der Waals surface area contributed by atoms with Crippen LogP contribution in [-0.4, -0.2) is 42.6 Å². The van der Waals surface area contributed by atoms with Crippen LogP contribution < -0.4 is 0 Å². The molecule has 0 spiro atoms. The van der Waals surface area contributed by atoms with Crippen LogP contribution in [-0.2, 0) is 19.6 Å². The zero-order chi connectivity index (χ0) is 19.6. The molecule has 5 nitrogen and oxygen atoms in total. The van der Waals surface area contributed by atoms with Gasteiger partial charge in [0.05, 0.1) is 0 Å². The highest BCUT2D eigenvalue weighted by Gasteiger charge is 2.75. The quantitative estimate of drug-likeness (QED) is 0.411. The van der Waals surface area contributed by atoms with Gasteiger partial charge in [0.1, 0.15) is 5.75 Å². The Hall–Kier alpha value is -1.04. The summed E-state index contributed by atoms with van der Waals surface area (Å²) in [6.07, 6.45) is -13.0. The van der Waals surface area contributed by atoms with Gasteiger partial charge in [-0.15, -0.1) is 0 Å². The number of hydrogen-bond acceptors (Lipinski definition) is 4. The van der Waals surface area contributed by atoms with Gasteiger partial charge in [0, 0.05) is 6.42 Å². The smallest absolute Gasteiger partial charge is 0.438 e. The van der Waals surface area contributed by atoms with Crippen LogP contribution in [0.4, 0.5) is 26.3 Å². The molecule has 144 valence electrons. The number of hydrogen-bond donors (Lipinski definition) is 1. The van der Waals surface area contributed by atoms with Crippen LogP contribution in [0.15, 0.2) is 0 Å². The molecule has 0 aliphatic carbocycles. The predicted octanol–water partition coefficient (Wildman–Crippen LogP) is 3.35. The summed E-state index contributed by atoms with van der Waals surface area (Å²) in [7, 11) is -5.76. The molecule has 0 aliphatic heterocycles. The van der Waals surface area contributed by atoms with Gasteiger partial charge in [-0.3, -0.25) is 9.35 Å². The summed E-state index contributed by atoms with van der Waals surface area (Å²) in [6, 6.07) is 0. The first-order chi connectivity index (χ1) is 10.4. The summed E-state index contributed by atoms with van der Waals surface area (Å²) in [5.74, 6) is -5.28. The van der Waals surface area contributed by atoms with Crippen molar-refractivity contribution >= 4 is 16.1 Å². The molecular weight excluding hydrogens is 370 g/mol. The van der Waals surface area contributed by atoms with E-state index < -0.39 is 52.1 Å². The molecule has 0 aromatic rings. The lowest BCUT2D eigenvalue weighted by Crippen LogP contribution is -2.63. The van der Waals surface area contributed by atoms with Crippen LogP contribution in [0.5, 0.6) is 0 Å². The second-order valence-electron chi connectivity index (χ2n) is 5.96. The van der Waals surface area contributed by atoms with E-state index in [0.29, 0.717) is 6.42 Å². The molecule has 0 bridgehead atoms. The molecule has 0 saturated heterocycles. The third kappa shape index (κ3) is 6.46. The fourth-order valence-corrected chi connectivity index (χ4v) is 3.04. The summed E-state index contributed by atoms with van der Waals surface area (Å²) in [5.41, 5.74) is -5.33. The van der Waals surface area contributed by atoms with E-state index in [2.05, 4.69) is 4.74 Å². The first-order valence-electron chi connectivity index (χ1n) is 6.71. The molecule has 12 heteroatoms. The zero-order valence-electron chi connectivity index (χ0n) is 13.0. The number of halogens is 6. The van der Waals surface area contributed by atoms with Gasteiger partial charge in [-0.2, -0.15) is 34.8 Å². The van der Waals surface area contributed by atoms with Crippen molar-refractivity contribution in [2.45, 2.75) is 51.6 Å². The highest BCUT2D eigenvalue weighted by Crippen LogP contribution is 2.47. The highest BCUT2D eigenvalue weighted by molar-refractivity contribution is 7.85. The molecule has 0 amide bonds. The largest absolute Gasteiger partial charge is 0.438 e. The fourth-order valence-electron chi connectivity index (χ4n) is 2.14. The Morgan fingerprint density at radius 3 is 1.75 bits per heavy atom. The number of carbonyl (C=O) groups excluding carboxylic acids is 1. The van der Waals surface area contributed by atoms with Crippen molar-refractivity contribution in [2.75, 3.05) is 5.75 Å². The zero-order valence-corrected chi connectivity index (χ0v) is 13.8. The summed E-state index contributed by atoms with van der Waals surface area (Å²) in [5, 5.41) is 0. The normalized spacial score (nSPS) is 15.5. The fraction of sp³-hybridized carbons (Fsp3) is 0.917. The molecule has 0 aromatic heterocycles. The number of ether oxygens (including phenoxy) is 1. The van der Waals surface area contributed by atoms with Crippen molar-refractivity contribution in [1.82, 2.24) is 0 Å². The van der Waals surface area contributed by atoms with Crippen LogP contribution in [0.1, 0.15) is 33.6 Å². The maximum atomic E-state index is 12.9. The maximum absolute atomic E-state index is 12.9. The van der Waals surface area contributed by atoms with Gasteiger partial charge in [0.2, 0.25) is 0 Å². The van der Waals surface area contributed by atoms with E-state index in [1.165, 1.54) is 6.92 Å². The van der Waals surface area contributed by atoms with E-state index in [4.69, 9.17) is 4.55 Å². The second-order valence-corrected chi connectivity index (χ2v) is 7.41. The summed E-state index contributed by atoms with van der Waals surface area (Å²) in [4.78, 5) is 11.5. The standard InChI is InChI=1S/C12H18F6O5S/c1-7(2)4-8(3)5-9(19)23-10(11(13,14)15,12(16,17)18)6-24(20,21)22/h7-8H,4-6H2,1-3H3,(H,20,21,22). The number of esters is 1. The van der Waals surface area contributed by atoms with Gasteiger partial charge >= 0.3 is 23.9 Å². The van der Waals surface area contributed by atoms with Crippen molar-refractivity contribution in [3.8, 4) is 0 Å². The number of alkyl halides is 6. The van der Waals surface area contributed by atoms with Gasteiger partial charge in [-0.1, -0.05) is 20.8 Å². The monoisotopic (exact) mass is 388 g/mol. The van der Waals surface area contributed by atoms with Gasteiger partial charge < -0.3 is 4.74 Å². The van der Waals surface area contributed by atoms with Crippen molar-refractivity contribution in [3.63, 3.8) is 0 Å². The lowest BCUT2D eigenvalue weighted by molar-refractivity contribution is -0.361. The van der Waals surface area contributed by atoms with E-state index in [1.807, 2.05) is 0 Å². The lowest BCUT2D eigenvalue weighted by atomic mass is 9.96. The molecular formula is C12H18F6O5S. The second kappa shape index (κ2) is 7.46. The minimum absolute atomic E-state index is 0.0283. The van der Waals surface area contributed by atoms with Crippen LogP contribution in [0.2, 0.25) is 0 Å². The van der Waals surface area contributed by atoms with Gasteiger partial charge in [0.25, 0.3) is 10.1 Å². The molecule has 1 N–H and O–H groups in total. The molecule has 0 saturated carbocycles. The van der Waals surface area contributed by atoms with E-state index >= 15 is 0 Å². The molecule has 0 fully saturated rings. The highest BCUT2D eigenvalue weighted by atomic mass is 32.2.